The second-order valence-corrected chi connectivity index (χ2v) is 10.5. The van der Waals surface area contributed by atoms with Gasteiger partial charge in [-0.05, 0) is 50.2 Å². The van der Waals surface area contributed by atoms with Crippen LogP contribution in [-0.2, 0) is 14.6 Å². The van der Waals surface area contributed by atoms with E-state index in [2.05, 4.69) is 18.7 Å². The van der Waals surface area contributed by atoms with E-state index < -0.39 is 21.5 Å². The van der Waals surface area contributed by atoms with Crippen LogP contribution in [-0.4, -0.2) is 56.1 Å². The number of hydrogen-bond acceptors (Lipinski definition) is 6. The highest BCUT2D eigenvalue weighted by atomic mass is 32.2. The zero-order valence-corrected chi connectivity index (χ0v) is 20.1. The van der Waals surface area contributed by atoms with Gasteiger partial charge in [-0.3, -0.25) is 9.69 Å². The molecule has 6 nitrogen and oxygen atoms in total. The highest BCUT2D eigenvalue weighted by Crippen LogP contribution is 2.33. The average molecular weight is 460 g/mol. The maximum atomic E-state index is 13.3. The van der Waals surface area contributed by atoms with E-state index in [1.54, 1.807) is 23.1 Å². The molecule has 2 aromatic carbocycles. The molecule has 0 unspecified atom stereocenters. The van der Waals surface area contributed by atoms with Crippen LogP contribution in [0.4, 0.5) is 5.13 Å². The molecule has 166 valence electrons. The van der Waals surface area contributed by atoms with Gasteiger partial charge in [0.25, 0.3) is 0 Å². The smallest absolute Gasteiger partial charge is 0.244 e. The summed E-state index contributed by atoms with van der Waals surface area (Å²) in [6, 6.07) is 12.2. The van der Waals surface area contributed by atoms with Crippen molar-refractivity contribution in [3.8, 4) is 0 Å². The SMILES string of the molecule is CCN(CC)CCN(C(=O)CS(=O)(=O)c1ccccc1)c1nc2c(C)ccc(C)c2s1. The van der Waals surface area contributed by atoms with Crippen LogP contribution >= 0.6 is 11.3 Å². The quantitative estimate of drug-likeness (QED) is 0.483. The molecule has 0 atom stereocenters. The Morgan fingerprint density at radius 1 is 0.968 bits per heavy atom. The molecule has 0 aliphatic carbocycles. The summed E-state index contributed by atoms with van der Waals surface area (Å²) in [4.78, 5) is 21.9. The molecule has 0 aliphatic rings. The van der Waals surface area contributed by atoms with Crippen molar-refractivity contribution < 1.29 is 13.2 Å². The van der Waals surface area contributed by atoms with Gasteiger partial charge in [-0.25, -0.2) is 13.4 Å². The van der Waals surface area contributed by atoms with E-state index in [0.29, 0.717) is 18.2 Å². The number of amides is 1. The number of carbonyl (C=O) groups excluding carboxylic acids is 1. The number of rotatable bonds is 9. The number of fused-ring (bicyclic) bond motifs is 1. The van der Waals surface area contributed by atoms with Gasteiger partial charge in [0.1, 0.15) is 5.75 Å². The van der Waals surface area contributed by atoms with E-state index in [1.165, 1.54) is 23.5 Å². The molecule has 0 fully saturated rings. The molecule has 0 N–H and O–H groups in total. The minimum atomic E-state index is -3.74. The second-order valence-electron chi connectivity index (χ2n) is 7.52. The van der Waals surface area contributed by atoms with Gasteiger partial charge in [0.15, 0.2) is 15.0 Å². The minimum absolute atomic E-state index is 0.156. The summed E-state index contributed by atoms with van der Waals surface area (Å²) < 4.78 is 26.7. The van der Waals surface area contributed by atoms with Crippen LogP contribution < -0.4 is 4.90 Å². The van der Waals surface area contributed by atoms with Gasteiger partial charge in [-0.15, -0.1) is 0 Å². The molecule has 0 radical (unpaired) electrons. The van der Waals surface area contributed by atoms with Gasteiger partial charge >= 0.3 is 0 Å². The maximum Gasteiger partial charge on any atom is 0.244 e. The molecule has 31 heavy (non-hydrogen) atoms. The number of thiazole rings is 1. The Hall–Kier alpha value is -2.29. The number of carbonyl (C=O) groups is 1. The van der Waals surface area contributed by atoms with Gasteiger partial charge < -0.3 is 4.90 Å². The van der Waals surface area contributed by atoms with Crippen LogP contribution in [0.2, 0.25) is 0 Å². The van der Waals surface area contributed by atoms with E-state index in [4.69, 9.17) is 4.98 Å². The number of likely N-dealkylation sites (N-methyl/N-ethyl adjacent to an activating group) is 1. The van der Waals surface area contributed by atoms with Crippen molar-refractivity contribution in [3.05, 3.63) is 53.6 Å². The molecule has 0 saturated carbocycles. The minimum Gasteiger partial charge on any atom is -0.302 e. The maximum absolute atomic E-state index is 13.3. The molecule has 0 aliphatic heterocycles. The fourth-order valence-corrected chi connectivity index (χ4v) is 5.80. The molecule has 3 aromatic rings. The first-order chi connectivity index (χ1) is 14.8. The highest BCUT2D eigenvalue weighted by molar-refractivity contribution is 7.92. The van der Waals surface area contributed by atoms with E-state index in [-0.39, 0.29) is 4.90 Å². The summed E-state index contributed by atoms with van der Waals surface area (Å²) >= 11 is 1.44. The lowest BCUT2D eigenvalue weighted by Gasteiger charge is -2.24. The Bertz CT molecular complexity index is 1110. The van der Waals surface area contributed by atoms with Crippen molar-refractivity contribution in [1.82, 2.24) is 9.88 Å². The highest BCUT2D eigenvalue weighted by Gasteiger charge is 2.27. The van der Waals surface area contributed by atoms with Crippen molar-refractivity contribution in [1.29, 1.82) is 0 Å². The number of hydrogen-bond donors (Lipinski definition) is 0. The fraction of sp³-hybridized carbons (Fsp3) is 0.391. The third-order valence-electron chi connectivity index (χ3n) is 5.41. The normalized spacial score (nSPS) is 11.9. The van der Waals surface area contributed by atoms with Crippen molar-refractivity contribution in [2.24, 2.45) is 0 Å². The third-order valence-corrected chi connectivity index (χ3v) is 8.24. The number of nitrogens with zero attached hydrogens (tertiary/aromatic N) is 3. The van der Waals surface area contributed by atoms with Crippen LogP contribution in [0.1, 0.15) is 25.0 Å². The van der Waals surface area contributed by atoms with Gasteiger partial charge in [0.2, 0.25) is 5.91 Å². The predicted molar refractivity (Wildman–Crippen MR) is 128 cm³/mol. The molecular weight excluding hydrogens is 430 g/mol. The Kier molecular flexibility index (Phi) is 7.46. The number of benzene rings is 2. The molecule has 0 spiro atoms. The van der Waals surface area contributed by atoms with Crippen molar-refractivity contribution in [2.45, 2.75) is 32.6 Å². The first-order valence-electron chi connectivity index (χ1n) is 10.4. The van der Waals surface area contributed by atoms with Crippen molar-refractivity contribution in [2.75, 3.05) is 36.8 Å². The lowest BCUT2D eigenvalue weighted by molar-refractivity contribution is -0.116. The fourth-order valence-electron chi connectivity index (χ4n) is 3.42. The summed E-state index contributed by atoms with van der Waals surface area (Å²) in [5, 5.41) is 0.549. The van der Waals surface area contributed by atoms with Gasteiger partial charge in [0.05, 0.1) is 15.1 Å². The van der Waals surface area contributed by atoms with Crippen LogP contribution in [0.3, 0.4) is 0 Å². The van der Waals surface area contributed by atoms with Gasteiger partial charge in [-0.2, -0.15) is 0 Å². The first kappa shape index (κ1) is 23.4. The first-order valence-corrected chi connectivity index (χ1v) is 12.9. The zero-order valence-electron chi connectivity index (χ0n) is 18.5. The Labute approximate surface area is 188 Å². The largest absolute Gasteiger partial charge is 0.302 e. The van der Waals surface area contributed by atoms with Crippen LogP contribution in [0.5, 0.6) is 0 Å². The van der Waals surface area contributed by atoms with Crippen LogP contribution in [0.25, 0.3) is 10.2 Å². The van der Waals surface area contributed by atoms with Gasteiger partial charge in [-0.1, -0.05) is 55.5 Å². The topological polar surface area (TPSA) is 70.6 Å². The average Bonchev–Trinajstić information content (AvgIpc) is 3.20. The zero-order chi connectivity index (χ0) is 22.6. The number of sulfone groups is 1. The summed E-state index contributed by atoms with van der Waals surface area (Å²) in [7, 11) is -3.74. The lowest BCUT2D eigenvalue weighted by atomic mass is 10.1. The number of aryl methyl sites for hydroxylation is 2. The van der Waals surface area contributed by atoms with Crippen LogP contribution in [0, 0.1) is 13.8 Å². The summed E-state index contributed by atoms with van der Waals surface area (Å²) in [6.45, 7) is 10.9. The Morgan fingerprint density at radius 2 is 1.61 bits per heavy atom. The molecule has 8 heteroatoms. The summed E-state index contributed by atoms with van der Waals surface area (Å²) in [5.74, 6) is -1.03. The van der Waals surface area contributed by atoms with E-state index in [9.17, 15) is 13.2 Å². The second kappa shape index (κ2) is 9.89. The molecule has 0 saturated heterocycles. The monoisotopic (exact) mass is 459 g/mol. The number of anilines is 1. The Balaban J connectivity index is 1.95. The molecule has 3 rings (SSSR count). The van der Waals surface area contributed by atoms with E-state index in [1.807, 2.05) is 26.0 Å². The summed E-state index contributed by atoms with van der Waals surface area (Å²) in [6.07, 6.45) is 0. The number of aromatic nitrogens is 1. The van der Waals surface area contributed by atoms with E-state index in [0.717, 1.165) is 34.4 Å². The molecule has 1 aromatic heterocycles. The molecule has 1 amide bonds. The summed E-state index contributed by atoms with van der Waals surface area (Å²) in [5.41, 5.74) is 3.00. The van der Waals surface area contributed by atoms with E-state index >= 15 is 0 Å². The lowest BCUT2D eigenvalue weighted by Crippen LogP contribution is -2.41. The standard InChI is InChI=1S/C23H29N3O3S2/c1-5-25(6-2)14-15-26(20(27)16-31(28,29)19-10-8-7-9-11-19)23-24-21-17(3)12-13-18(4)22(21)30-23/h7-13H,5-6,14-16H2,1-4H3. The predicted octanol–water partition coefficient (Wildman–Crippen LogP) is 4.06. The Morgan fingerprint density at radius 3 is 2.23 bits per heavy atom. The molecular formula is C23H29N3O3S2. The van der Waals surface area contributed by atoms with Gasteiger partial charge in [0, 0.05) is 13.1 Å². The third kappa shape index (κ3) is 5.31. The van der Waals surface area contributed by atoms with Crippen molar-refractivity contribution in [3.63, 3.8) is 0 Å². The van der Waals surface area contributed by atoms with Crippen LogP contribution in [0.15, 0.2) is 47.4 Å². The molecule has 0 bridgehead atoms. The molecule has 1 heterocycles. The van der Waals surface area contributed by atoms with Crippen molar-refractivity contribution >= 4 is 42.4 Å².